The third kappa shape index (κ3) is 3.97. The molecule has 3 heterocycles. The lowest BCUT2D eigenvalue weighted by Gasteiger charge is -2.05. The second-order valence-corrected chi connectivity index (χ2v) is 8.68. The molecule has 1 amide bonds. The smallest absolute Gasteiger partial charge is 0.236 e. The van der Waals surface area contributed by atoms with E-state index in [-0.39, 0.29) is 11.7 Å². The van der Waals surface area contributed by atoms with Gasteiger partial charge in [0.05, 0.1) is 5.75 Å². The molecule has 10 heteroatoms. The lowest BCUT2D eigenvalue weighted by molar-refractivity contribution is -0.113. The Hall–Kier alpha value is -1.78. The lowest BCUT2D eigenvalue weighted by atomic mass is 10.1. The molecule has 7 nitrogen and oxygen atoms in total. The number of rotatable bonds is 7. The lowest BCUT2D eigenvalue weighted by Crippen LogP contribution is -2.14. The molecule has 0 spiro atoms. The Bertz CT molecular complexity index is 913. The van der Waals surface area contributed by atoms with Gasteiger partial charge in [-0.15, -0.1) is 31.7 Å². The predicted octanol–water partition coefficient (Wildman–Crippen LogP) is 3.56. The van der Waals surface area contributed by atoms with E-state index in [2.05, 4.69) is 44.9 Å². The van der Waals surface area contributed by atoms with Crippen LogP contribution < -0.4 is 5.32 Å². The second-order valence-electron chi connectivity index (χ2n) is 5.59. The number of aryl methyl sites for hydroxylation is 2. The molecular weight excluding hydrogens is 388 g/mol. The molecule has 0 unspecified atom stereocenters. The fourth-order valence-electron chi connectivity index (χ4n) is 2.51. The maximum absolute atomic E-state index is 12.1. The van der Waals surface area contributed by atoms with Gasteiger partial charge in [-0.25, -0.2) is 0 Å². The molecule has 0 aromatic carbocycles. The fourth-order valence-corrected chi connectivity index (χ4v) is 4.86. The highest BCUT2D eigenvalue weighted by atomic mass is 32.2. The summed E-state index contributed by atoms with van der Waals surface area (Å²) < 4.78 is 1.94. The van der Waals surface area contributed by atoms with Gasteiger partial charge in [0, 0.05) is 22.9 Å². The highest BCUT2D eigenvalue weighted by Crippen LogP contribution is 2.32. The third-order valence-corrected chi connectivity index (χ3v) is 6.84. The molecule has 1 N–H and O–H groups in total. The van der Waals surface area contributed by atoms with Crippen molar-refractivity contribution in [3.05, 3.63) is 20.8 Å². The number of carbonyl (C=O) groups excluding carboxylic acids is 1. The zero-order chi connectivity index (χ0) is 18.7. The molecule has 0 aliphatic heterocycles. The number of thiophene rings is 1. The molecule has 3 aromatic rings. The molecular formula is C16H20N6OS3. The van der Waals surface area contributed by atoms with Crippen LogP contribution in [0.1, 0.15) is 29.3 Å². The number of amides is 1. The van der Waals surface area contributed by atoms with Crippen LogP contribution in [0.2, 0.25) is 0 Å². The van der Waals surface area contributed by atoms with Crippen LogP contribution >= 0.6 is 34.4 Å². The van der Waals surface area contributed by atoms with Gasteiger partial charge in [-0.05, 0) is 25.3 Å². The first-order valence-electron chi connectivity index (χ1n) is 8.25. The Labute approximate surface area is 164 Å². The summed E-state index contributed by atoms with van der Waals surface area (Å²) in [7, 11) is 1.93. The van der Waals surface area contributed by atoms with Crippen LogP contribution in [0.3, 0.4) is 0 Å². The van der Waals surface area contributed by atoms with Gasteiger partial charge in [-0.1, -0.05) is 36.9 Å². The Kier molecular flexibility index (Phi) is 6.05. The first-order chi connectivity index (χ1) is 12.5. The van der Waals surface area contributed by atoms with Gasteiger partial charge in [0.2, 0.25) is 11.0 Å². The minimum atomic E-state index is -0.126. The van der Waals surface area contributed by atoms with E-state index in [1.165, 1.54) is 33.5 Å². The van der Waals surface area contributed by atoms with Gasteiger partial charge in [0.1, 0.15) is 5.01 Å². The summed E-state index contributed by atoms with van der Waals surface area (Å²) in [4.78, 5) is 13.4. The van der Waals surface area contributed by atoms with Crippen molar-refractivity contribution in [3.8, 4) is 11.4 Å². The Morgan fingerprint density at radius 2 is 2.04 bits per heavy atom. The maximum Gasteiger partial charge on any atom is 0.236 e. The fraction of sp³-hybridized carbons (Fsp3) is 0.438. The Morgan fingerprint density at radius 1 is 1.23 bits per heavy atom. The summed E-state index contributed by atoms with van der Waals surface area (Å²) in [6.07, 6.45) is 1.77. The summed E-state index contributed by atoms with van der Waals surface area (Å²) in [5.41, 5.74) is 2.44. The maximum atomic E-state index is 12.1. The summed E-state index contributed by atoms with van der Waals surface area (Å²) in [5.74, 6) is 0.959. The van der Waals surface area contributed by atoms with Gasteiger partial charge < -0.3 is 4.57 Å². The molecule has 0 radical (unpaired) electrons. The van der Waals surface area contributed by atoms with Crippen LogP contribution in [-0.4, -0.2) is 36.6 Å². The summed E-state index contributed by atoms with van der Waals surface area (Å²) in [6.45, 7) is 6.28. The average molecular weight is 409 g/mol. The van der Waals surface area contributed by atoms with Crippen LogP contribution in [0.25, 0.3) is 11.4 Å². The average Bonchev–Trinajstić information content (AvgIpc) is 3.32. The van der Waals surface area contributed by atoms with Gasteiger partial charge >= 0.3 is 0 Å². The predicted molar refractivity (Wildman–Crippen MR) is 107 cm³/mol. The van der Waals surface area contributed by atoms with Crippen LogP contribution in [0.4, 0.5) is 5.13 Å². The first kappa shape index (κ1) is 19.0. The number of nitrogens with one attached hydrogen (secondary N) is 1. The van der Waals surface area contributed by atoms with E-state index in [9.17, 15) is 4.79 Å². The minimum Gasteiger partial charge on any atom is -0.305 e. The van der Waals surface area contributed by atoms with Crippen LogP contribution in [0, 0.1) is 6.92 Å². The molecule has 0 saturated carbocycles. The van der Waals surface area contributed by atoms with Gasteiger partial charge in [0.15, 0.2) is 11.0 Å². The zero-order valence-corrected chi connectivity index (χ0v) is 17.5. The summed E-state index contributed by atoms with van der Waals surface area (Å²) in [5, 5.41) is 23.6. The molecule has 0 atom stereocenters. The minimum absolute atomic E-state index is 0.126. The molecule has 0 aliphatic carbocycles. The number of hydrogen-bond acceptors (Lipinski definition) is 8. The van der Waals surface area contributed by atoms with Crippen molar-refractivity contribution < 1.29 is 4.79 Å². The van der Waals surface area contributed by atoms with Crippen LogP contribution in [0.5, 0.6) is 0 Å². The summed E-state index contributed by atoms with van der Waals surface area (Å²) >= 11 is 4.49. The highest BCUT2D eigenvalue weighted by Gasteiger charge is 2.17. The third-order valence-electron chi connectivity index (χ3n) is 3.88. The SMILES string of the molecule is CCc1nnc(NC(=O)CSc2nnc(-c3csc(C)c3CC)n2C)s1. The van der Waals surface area contributed by atoms with Gasteiger partial charge in [-0.2, -0.15) is 0 Å². The van der Waals surface area contributed by atoms with E-state index >= 15 is 0 Å². The molecule has 138 valence electrons. The number of hydrogen-bond donors (Lipinski definition) is 1. The number of carbonyl (C=O) groups is 1. The number of nitrogens with zero attached hydrogens (tertiary/aromatic N) is 5. The van der Waals surface area contributed by atoms with E-state index in [4.69, 9.17) is 0 Å². The topological polar surface area (TPSA) is 85.6 Å². The number of aromatic nitrogens is 5. The molecule has 0 bridgehead atoms. The zero-order valence-electron chi connectivity index (χ0n) is 15.1. The molecule has 26 heavy (non-hydrogen) atoms. The molecule has 0 fully saturated rings. The monoisotopic (exact) mass is 408 g/mol. The van der Waals surface area contributed by atoms with E-state index in [1.54, 1.807) is 11.3 Å². The Balaban J connectivity index is 1.65. The van der Waals surface area contributed by atoms with Crippen molar-refractivity contribution in [1.82, 2.24) is 25.0 Å². The van der Waals surface area contributed by atoms with E-state index < -0.39 is 0 Å². The van der Waals surface area contributed by atoms with Crippen molar-refractivity contribution in [2.24, 2.45) is 7.05 Å². The van der Waals surface area contributed by atoms with Crippen molar-refractivity contribution in [2.45, 2.75) is 38.8 Å². The van der Waals surface area contributed by atoms with E-state index in [0.29, 0.717) is 10.3 Å². The second kappa shape index (κ2) is 8.28. The number of anilines is 1. The van der Waals surface area contributed by atoms with Crippen molar-refractivity contribution in [1.29, 1.82) is 0 Å². The van der Waals surface area contributed by atoms with Gasteiger partial charge in [0.25, 0.3) is 0 Å². The molecule has 3 rings (SSSR count). The number of thioether (sulfide) groups is 1. The van der Waals surface area contributed by atoms with Crippen molar-refractivity contribution >= 4 is 45.5 Å². The molecule has 0 aliphatic rings. The largest absolute Gasteiger partial charge is 0.305 e. The van der Waals surface area contributed by atoms with Crippen LogP contribution in [-0.2, 0) is 24.7 Å². The standard InChI is InChI=1S/C16H20N6OS3/c1-5-10-9(3)24-7-11(10)14-19-21-16(22(14)4)25-8-12(23)17-15-20-18-13(6-2)26-15/h7H,5-6,8H2,1-4H3,(H,17,20,23). The van der Waals surface area contributed by atoms with E-state index in [1.807, 2.05) is 18.5 Å². The van der Waals surface area contributed by atoms with E-state index in [0.717, 1.165) is 29.2 Å². The normalized spacial score (nSPS) is 11.1. The van der Waals surface area contributed by atoms with Crippen molar-refractivity contribution in [2.75, 3.05) is 11.1 Å². The van der Waals surface area contributed by atoms with Crippen LogP contribution in [0.15, 0.2) is 10.5 Å². The highest BCUT2D eigenvalue weighted by molar-refractivity contribution is 7.99. The summed E-state index contributed by atoms with van der Waals surface area (Å²) in [6, 6.07) is 0. The quantitative estimate of drug-likeness (QED) is 0.602. The Morgan fingerprint density at radius 3 is 2.73 bits per heavy atom. The molecule has 0 saturated heterocycles. The van der Waals surface area contributed by atoms with Gasteiger partial charge in [-0.3, -0.25) is 10.1 Å². The first-order valence-corrected chi connectivity index (χ1v) is 10.9. The molecule has 3 aromatic heterocycles. The van der Waals surface area contributed by atoms with Crippen molar-refractivity contribution in [3.63, 3.8) is 0 Å².